The van der Waals surface area contributed by atoms with E-state index in [0.29, 0.717) is 5.56 Å². The molecule has 0 saturated carbocycles. The summed E-state index contributed by atoms with van der Waals surface area (Å²) in [4.78, 5) is 11.8. The molecular formula is C14H11BrO2S. The van der Waals surface area contributed by atoms with Crippen LogP contribution in [0.4, 0.5) is 0 Å². The van der Waals surface area contributed by atoms with Gasteiger partial charge in [0, 0.05) is 15.1 Å². The molecule has 0 aromatic heterocycles. The van der Waals surface area contributed by atoms with Crippen LogP contribution in [0.2, 0.25) is 0 Å². The molecule has 0 unspecified atom stereocenters. The summed E-state index contributed by atoms with van der Waals surface area (Å²) in [6.45, 7) is 0. The molecule has 2 aromatic carbocycles. The smallest absolute Gasteiger partial charge is 0.335 e. The first-order valence-corrected chi connectivity index (χ1v) is 7.13. The summed E-state index contributed by atoms with van der Waals surface area (Å²) in [7, 11) is 0. The molecule has 0 amide bonds. The highest BCUT2D eigenvalue weighted by atomic mass is 79.9. The molecule has 2 aromatic rings. The summed E-state index contributed by atoms with van der Waals surface area (Å²) < 4.78 is 1.06. The highest BCUT2D eigenvalue weighted by molar-refractivity contribution is 9.10. The Kier molecular flexibility index (Phi) is 4.44. The number of hydrogen-bond donors (Lipinski definition) is 1. The minimum Gasteiger partial charge on any atom is -0.478 e. The van der Waals surface area contributed by atoms with Crippen LogP contribution in [0.15, 0.2) is 57.9 Å². The number of carboxylic acid groups (broad SMARTS) is 1. The van der Waals surface area contributed by atoms with Crippen LogP contribution in [0.5, 0.6) is 0 Å². The maximum Gasteiger partial charge on any atom is 0.335 e. The van der Waals surface area contributed by atoms with Gasteiger partial charge in [-0.25, -0.2) is 4.79 Å². The number of halogens is 1. The number of benzene rings is 2. The van der Waals surface area contributed by atoms with E-state index in [4.69, 9.17) is 5.11 Å². The lowest BCUT2D eigenvalue weighted by molar-refractivity contribution is 0.0696. The van der Waals surface area contributed by atoms with Gasteiger partial charge in [-0.3, -0.25) is 0 Å². The predicted octanol–water partition coefficient (Wildman–Crippen LogP) is 4.44. The molecular weight excluding hydrogens is 312 g/mol. The van der Waals surface area contributed by atoms with Gasteiger partial charge >= 0.3 is 5.97 Å². The van der Waals surface area contributed by atoms with Crippen LogP contribution in [0, 0.1) is 0 Å². The molecule has 2 nitrogen and oxygen atoms in total. The molecule has 2 rings (SSSR count). The van der Waals surface area contributed by atoms with E-state index in [1.807, 2.05) is 18.2 Å². The molecule has 0 bridgehead atoms. The topological polar surface area (TPSA) is 37.3 Å². The average Bonchev–Trinajstić information content (AvgIpc) is 2.38. The predicted molar refractivity (Wildman–Crippen MR) is 77.1 cm³/mol. The summed E-state index contributed by atoms with van der Waals surface area (Å²) in [5.74, 6) is -0.0582. The molecule has 1 N–H and O–H groups in total. The van der Waals surface area contributed by atoms with Gasteiger partial charge in [-0.15, -0.1) is 11.8 Å². The molecule has 4 heteroatoms. The Labute approximate surface area is 118 Å². The fourth-order valence-electron chi connectivity index (χ4n) is 1.47. The van der Waals surface area contributed by atoms with Gasteiger partial charge in [0.2, 0.25) is 0 Å². The fourth-order valence-corrected chi connectivity index (χ4v) is 2.64. The van der Waals surface area contributed by atoms with E-state index in [2.05, 4.69) is 28.1 Å². The van der Waals surface area contributed by atoms with Crippen molar-refractivity contribution in [2.45, 2.75) is 10.6 Å². The normalized spacial score (nSPS) is 10.3. The lowest BCUT2D eigenvalue weighted by Crippen LogP contribution is -1.95. The van der Waals surface area contributed by atoms with E-state index in [1.165, 1.54) is 5.56 Å². The van der Waals surface area contributed by atoms with Crippen LogP contribution < -0.4 is 0 Å². The maximum absolute atomic E-state index is 10.9. The number of thioether (sulfide) groups is 1. The van der Waals surface area contributed by atoms with Crippen LogP contribution in [0.25, 0.3) is 0 Å². The highest BCUT2D eigenvalue weighted by Crippen LogP contribution is 2.24. The van der Waals surface area contributed by atoms with E-state index < -0.39 is 5.97 Å². The summed E-state index contributed by atoms with van der Waals surface area (Å²) >= 11 is 5.03. The van der Waals surface area contributed by atoms with Crippen molar-refractivity contribution in [3.63, 3.8) is 0 Å². The van der Waals surface area contributed by atoms with Crippen molar-refractivity contribution in [3.8, 4) is 0 Å². The lowest BCUT2D eigenvalue weighted by Gasteiger charge is -2.03. The molecule has 0 radical (unpaired) electrons. The van der Waals surface area contributed by atoms with Gasteiger partial charge in [-0.05, 0) is 35.9 Å². The molecule has 0 aliphatic heterocycles. The zero-order valence-corrected chi connectivity index (χ0v) is 11.9. The van der Waals surface area contributed by atoms with Crippen LogP contribution in [0.3, 0.4) is 0 Å². The highest BCUT2D eigenvalue weighted by Gasteiger charge is 2.03. The molecule has 0 spiro atoms. The molecule has 0 aliphatic carbocycles. The van der Waals surface area contributed by atoms with Gasteiger partial charge < -0.3 is 5.11 Å². The molecule has 0 heterocycles. The van der Waals surface area contributed by atoms with Gasteiger partial charge in [-0.1, -0.05) is 34.1 Å². The quantitative estimate of drug-likeness (QED) is 0.845. The van der Waals surface area contributed by atoms with Crippen molar-refractivity contribution in [1.29, 1.82) is 0 Å². The van der Waals surface area contributed by atoms with Crippen LogP contribution in [-0.2, 0) is 5.75 Å². The lowest BCUT2D eigenvalue weighted by atomic mass is 10.2. The monoisotopic (exact) mass is 322 g/mol. The first kappa shape index (κ1) is 13.2. The Morgan fingerprint density at radius 1 is 1.17 bits per heavy atom. The third kappa shape index (κ3) is 3.62. The minimum atomic E-state index is -0.888. The van der Waals surface area contributed by atoms with E-state index in [-0.39, 0.29) is 0 Å². The number of carboxylic acids is 1. The minimum absolute atomic E-state index is 0.329. The Morgan fingerprint density at radius 2 is 1.89 bits per heavy atom. The second-order valence-corrected chi connectivity index (χ2v) is 5.71. The van der Waals surface area contributed by atoms with Crippen molar-refractivity contribution in [1.82, 2.24) is 0 Å². The zero-order valence-electron chi connectivity index (χ0n) is 9.47. The zero-order chi connectivity index (χ0) is 13.0. The number of carbonyl (C=O) groups is 1. The van der Waals surface area contributed by atoms with Gasteiger partial charge in [0.05, 0.1) is 5.56 Å². The Hall–Kier alpha value is -1.26. The Morgan fingerprint density at radius 3 is 2.56 bits per heavy atom. The van der Waals surface area contributed by atoms with Gasteiger partial charge in [-0.2, -0.15) is 0 Å². The fraction of sp³-hybridized carbons (Fsp3) is 0.0714. The van der Waals surface area contributed by atoms with Gasteiger partial charge in [0.15, 0.2) is 0 Å². The number of hydrogen-bond acceptors (Lipinski definition) is 2. The van der Waals surface area contributed by atoms with E-state index in [9.17, 15) is 4.79 Å². The van der Waals surface area contributed by atoms with Crippen molar-refractivity contribution >= 4 is 33.7 Å². The molecule has 18 heavy (non-hydrogen) atoms. The van der Waals surface area contributed by atoms with Crippen molar-refractivity contribution in [3.05, 3.63) is 64.1 Å². The number of aromatic carboxylic acids is 1. The summed E-state index contributed by atoms with van der Waals surface area (Å²) in [5, 5.41) is 8.91. The first-order valence-electron chi connectivity index (χ1n) is 5.36. The molecule has 0 aliphatic rings. The Balaban J connectivity index is 2.04. The van der Waals surface area contributed by atoms with Crippen molar-refractivity contribution in [2.75, 3.05) is 0 Å². The summed E-state index contributed by atoms with van der Waals surface area (Å²) in [6, 6.07) is 15.1. The third-order valence-electron chi connectivity index (χ3n) is 2.40. The SMILES string of the molecule is O=C(O)c1cccc(SCc2ccc(Br)cc2)c1. The van der Waals surface area contributed by atoms with E-state index in [1.54, 1.807) is 30.0 Å². The van der Waals surface area contributed by atoms with E-state index in [0.717, 1.165) is 15.1 Å². The number of rotatable bonds is 4. The molecule has 0 atom stereocenters. The van der Waals surface area contributed by atoms with E-state index >= 15 is 0 Å². The standard InChI is InChI=1S/C14H11BrO2S/c15-12-6-4-10(5-7-12)9-18-13-3-1-2-11(8-13)14(16)17/h1-8H,9H2,(H,16,17). The first-order chi connectivity index (χ1) is 8.65. The third-order valence-corrected chi connectivity index (χ3v) is 3.99. The van der Waals surface area contributed by atoms with Gasteiger partial charge in [0.25, 0.3) is 0 Å². The second-order valence-electron chi connectivity index (χ2n) is 3.75. The molecule has 92 valence electrons. The van der Waals surface area contributed by atoms with Crippen molar-refractivity contribution in [2.24, 2.45) is 0 Å². The molecule has 0 saturated heterocycles. The molecule has 0 fully saturated rings. The Bertz CT molecular complexity index is 552. The second kappa shape index (κ2) is 6.07. The maximum atomic E-state index is 10.9. The van der Waals surface area contributed by atoms with Crippen molar-refractivity contribution < 1.29 is 9.90 Å². The van der Waals surface area contributed by atoms with Crippen LogP contribution >= 0.6 is 27.7 Å². The van der Waals surface area contributed by atoms with Crippen LogP contribution in [0.1, 0.15) is 15.9 Å². The van der Waals surface area contributed by atoms with Gasteiger partial charge in [0.1, 0.15) is 0 Å². The average molecular weight is 323 g/mol. The summed E-state index contributed by atoms with van der Waals surface area (Å²) in [5.41, 5.74) is 1.54. The largest absolute Gasteiger partial charge is 0.478 e. The summed E-state index contributed by atoms with van der Waals surface area (Å²) in [6.07, 6.45) is 0. The van der Waals surface area contributed by atoms with Crippen LogP contribution in [-0.4, -0.2) is 11.1 Å².